The third-order valence-corrected chi connectivity index (χ3v) is 10.9. The maximum atomic E-state index is 14.1. The molecule has 0 saturated heterocycles. The van der Waals surface area contributed by atoms with E-state index in [9.17, 15) is 13.6 Å². The number of nitrogens with one attached hydrogen (secondary N) is 1. The largest absolute Gasteiger partial charge is 0.308 e. The number of rotatable bonds is 11. The van der Waals surface area contributed by atoms with Gasteiger partial charge in [-0.1, -0.05) is 51.8 Å². The van der Waals surface area contributed by atoms with E-state index >= 15 is 0 Å². The highest BCUT2D eigenvalue weighted by Gasteiger charge is 2.45. The maximum absolute atomic E-state index is 14.1. The van der Waals surface area contributed by atoms with Crippen LogP contribution in [-0.4, -0.2) is 45.2 Å². The average molecular weight is 644 g/mol. The fourth-order valence-electron chi connectivity index (χ4n) is 6.96. The minimum absolute atomic E-state index is 0.0339. The van der Waals surface area contributed by atoms with Crippen LogP contribution in [0.25, 0.3) is 5.57 Å². The van der Waals surface area contributed by atoms with Gasteiger partial charge in [0.15, 0.2) is 5.78 Å². The number of aromatic nitrogens is 3. The molecule has 1 saturated carbocycles. The zero-order valence-corrected chi connectivity index (χ0v) is 28.7. The zero-order chi connectivity index (χ0) is 31.9. The van der Waals surface area contributed by atoms with E-state index in [-0.39, 0.29) is 34.7 Å². The first-order valence-electron chi connectivity index (χ1n) is 16.0. The smallest absolute Gasteiger partial charge is 0.251 e. The monoisotopic (exact) mass is 643 g/mol. The molecule has 3 aliphatic rings. The van der Waals surface area contributed by atoms with Crippen LogP contribution in [0.5, 0.6) is 0 Å². The van der Waals surface area contributed by atoms with E-state index in [1.165, 1.54) is 22.3 Å². The number of allylic oxidation sites excluding steroid dienone is 4. The quantitative estimate of drug-likeness (QED) is 0.153. The predicted molar refractivity (Wildman–Crippen MR) is 178 cm³/mol. The van der Waals surface area contributed by atoms with Gasteiger partial charge in [-0.15, -0.1) is 9.24 Å². The van der Waals surface area contributed by atoms with Crippen molar-refractivity contribution in [2.75, 3.05) is 18.4 Å². The molecule has 44 heavy (non-hydrogen) atoms. The Morgan fingerprint density at radius 1 is 1.16 bits per heavy atom. The summed E-state index contributed by atoms with van der Waals surface area (Å²) >= 11 is 6.56. The number of hydrogen-bond donors (Lipinski definition) is 1. The maximum Gasteiger partial charge on any atom is 0.251 e. The van der Waals surface area contributed by atoms with Gasteiger partial charge in [0.05, 0.1) is 12.2 Å². The van der Waals surface area contributed by atoms with Crippen LogP contribution in [0.3, 0.4) is 0 Å². The summed E-state index contributed by atoms with van der Waals surface area (Å²) in [5, 5.41) is 4.48. The predicted octanol–water partition coefficient (Wildman–Crippen LogP) is 7.87. The number of halogens is 3. The topological polar surface area (TPSA) is 71.0 Å². The van der Waals surface area contributed by atoms with Crippen molar-refractivity contribution in [3.05, 3.63) is 50.5 Å². The molecular formula is C34H45ClF2N5OP. The van der Waals surface area contributed by atoms with Gasteiger partial charge >= 0.3 is 0 Å². The Labute approximate surface area is 267 Å². The molecule has 2 aromatic rings. The van der Waals surface area contributed by atoms with Crippen LogP contribution < -0.4 is 10.6 Å². The molecule has 10 heteroatoms. The van der Waals surface area contributed by atoms with E-state index in [4.69, 9.17) is 21.6 Å². The van der Waals surface area contributed by atoms with Gasteiger partial charge in [-0.3, -0.25) is 9.69 Å². The number of carbonyl (C=O) groups is 1. The molecule has 3 heterocycles. The van der Waals surface area contributed by atoms with E-state index in [2.05, 4.69) is 61.1 Å². The van der Waals surface area contributed by atoms with Crippen molar-refractivity contribution in [3.63, 3.8) is 0 Å². The summed E-state index contributed by atoms with van der Waals surface area (Å²) in [5.41, 5.74) is 8.54. The first-order chi connectivity index (χ1) is 20.9. The zero-order valence-electron chi connectivity index (χ0n) is 26.8. The Morgan fingerprint density at radius 3 is 2.50 bits per heavy atom. The van der Waals surface area contributed by atoms with Crippen LogP contribution in [0.1, 0.15) is 96.0 Å². The number of Topliss-reactive ketones (excluding diaryl/α,β-unsaturated/α-hetero) is 1. The minimum atomic E-state index is -2.40. The van der Waals surface area contributed by atoms with Crippen molar-refractivity contribution < 1.29 is 13.6 Å². The van der Waals surface area contributed by atoms with Crippen LogP contribution in [0.4, 0.5) is 20.5 Å². The SMILES string of the molecule is CCC(C)C(=O)/C(C1=C(C(C)C)c2c(cnc(Nc3nc(Cl)c4c(n3)CCN(CC(F)F)C4)c2P)CC1)=C(/C)C1(CC)CC1. The number of alkyl halides is 2. The van der Waals surface area contributed by atoms with Crippen LogP contribution >= 0.6 is 20.8 Å². The number of fused-ring (bicyclic) bond motifs is 2. The van der Waals surface area contributed by atoms with E-state index in [1.54, 1.807) is 4.90 Å². The molecular weight excluding hydrogens is 599 g/mol. The normalized spacial score (nSPS) is 19.1. The Kier molecular flexibility index (Phi) is 9.94. The fraction of sp³-hybridized carbons (Fsp3) is 0.588. The van der Waals surface area contributed by atoms with Crippen molar-refractivity contribution in [2.24, 2.45) is 17.3 Å². The second-order valence-electron chi connectivity index (χ2n) is 13.0. The molecule has 2 unspecified atom stereocenters. The van der Waals surface area contributed by atoms with Gasteiger partial charge in [-0.05, 0) is 79.1 Å². The van der Waals surface area contributed by atoms with Gasteiger partial charge in [0.1, 0.15) is 11.0 Å². The summed E-state index contributed by atoms with van der Waals surface area (Å²) in [6.45, 7) is 13.5. The molecule has 1 fully saturated rings. The van der Waals surface area contributed by atoms with Gasteiger partial charge in [0, 0.05) is 48.1 Å². The van der Waals surface area contributed by atoms with E-state index in [0.717, 1.165) is 60.7 Å². The first kappa shape index (κ1) is 33.1. The average Bonchev–Trinajstić information content (AvgIpc) is 3.79. The second kappa shape index (κ2) is 13.2. The van der Waals surface area contributed by atoms with Gasteiger partial charge in [-0.2, -0.15) is 0 Å². The number of ketones is 1. The minimum Gasteiger partial charge on any atom is -0.308 e. The van der Waals surface area contributed by atoms with Crippen molar-refractivity contribution in [1.29, 1.82) is 0 Å². The van der Waals surface area contributed by atoms with Crippen LogP contribution in [0.15, 0.2) is 22.9 Å². The Morgan fingerprint density at radius 2 is 1.89 bits per heavy atom. The van der Waals surface area contributed by atoms with Crippen LogP contribution in [0, 0.1) is 17.3 Å². The molecule has 2 aliphatic carbocycles. The third kappa shape index (κ3) is 6.37. The lowest BCUT2D eigenvalue weighted by molar-refractivity contribution is -0.118. The molecule has 0 spiro atoms. The third-order valence-electron chi connectivity index (χ3n) is 10.0. The number of carbonyl (C=O) groups excluding carboxylic acids is 1. The first-order valence-corrected chi connectivity index (χ1v) is 17.0. The lowest BCUT2D eigenvalue weighted by atomic mass is 9.73. The number of anilines is 2. The lowest BCUT2D eigenvalue weighted by Crippen LogP contribution is -2.35. The number of nitrogens with zero attached hydrogens (tertiary/aromatic N) is 4. The summed E-state index contributed by atoms with van der Waals surface area (Å²) in [7, 11) is 2.88. The van der Waals surface area contributed by atoms with Gasteiger partial charge in [0.2, 0.25) is 5.95 Å². The van der Waals surface area contributed by atoms with Crippen LogP contribution in [-0.2, 0) is 24.2 Å². The van der Waals surface area contributed by atoms with Crippen molar-refractivity contribution in [2.45, 2.75) is 99.5 Å². The van der Waals surface area contributed by atoms with E-state index in [0.29, 0.717) is 36.8 Å². The lowest BCUT2D eigenvalue weighted by Gasteiger charge is -2.32. The van der Waals surface area contributed by atoms with Crippen molar-refractivity contribution in [1.82, 2.24) is 19.9 Å². The number of hydrogen-bond acceptors (Lipinski definition) is 6. The summed E-state index contributed by atoms with van der Waals surface area (Å²) in [6.07, 6.45) is 5.84. The molecule has 238 valence electrons. The van der Waals surface area contributed by atoms with Crippen LogP contribution in [0.2, 0.25) is 5.15 Å². The van der Waals surface area contributed by atoms with Gasteiger partial charge in [0.25, 0.3) is 6.43 Å². The molecule has 0 bridgehead atoms. The van der Waals surface area contributed by atoms with E-state index in [1.807, 2.05) is 6.20 Å². The fourth-order valence-corrected chi connectivity index (χ4v) is 7.70. The molecule has 1 N–H and O–H groups in total. The highest BCUT2D eigenvalue weighted by atomic mass is 35.5. The summed E-state index contributed by atoms with van der Waals surface area (Å²) < 4.78 is 25.9. The van der Waals surface area contributed by atoms with E-state index < -0.39 is 6.43 Å². The molecule has 6 nitrogen and oxygen atoms in total. The molecule has 2 aromatic heterocycles. The molecule has 0 amide bonds. The highest BCUT2D eigenvalue weighted by Crippen LogP contribution is 2.57. The second-order valence-corrected chi connectivity index (χ2v) is 14.0. The Balaban J connectivity index is 1.57. The molecule has 1 aliphatic heterocycles. The van der Waals surface area contributed by atoms with Crippen molar-refractivity contribution >= 4 is 49.3 Å². The molecule has 0 radical (unpaired) electrons. The number of pyridine rings is 1. The standard InChI is InChI=1S/C34H45ClF2N5OP/c1-7-19(5)29(43)27(20(6)34(8-2)12-13-34)22-10-9-21-15-38-32(30(44)28(21)26(22)18(3)4)41-33-39-24-11-14-42(17-25(36)37)16-23(24)31(35)40-33/h15,18-19,25H,7-14,16-17,44H2,1-6H3,(H,38,39,40,41)/b27-20-. The summed E-state index contributed by atoms with van der Waals surface area (Å²) in [6, 6.07) is 0. The molecule has 2 atom stereocenters. The highest BCUT2D eigenvalue weighted by molar-refractivity contribution is 7.28. The molecule has 0 aromatic carbocycles. The summed E-state index contributed by atoms with van der Waals surface area (Å²) in [4.78, 5) is 29.8. The Bertz CT molecular complexity index is 1520. The summed E-state index contributed by atoms with van der Waals surface area (Å²) in [5.74, 6) is 1.37. The van der Waals surface area contributed by atoms with Crippen molar-refractivity contribution in [3.8, 4) is 0 Å². The van der Waals surface area contributed by atoms with Gasteiger partial charge in [-0.25, -0.2) is 23.7 Å². The van der Waals surface area contributed by atoms with Gasteiger partial charge < -0.3 is 5.32 Å². The number of aryl methyl sites for hydroxylation is 1. The molecule has 5 rings (SSSR count). The Hall–Kier alpha value is -2.28.